The van der Waals surface area contributed by atoms with E-state index in [2.05, 4.69) is 4.98 Å². The first-order valence-corrected chi connectivity index (χ1v) is 5.74. The number of carboxylic acid groups (broad SMARTS) is 1. The molecule has 104 valence electrons. The highest BCUT2D eigenvalue weighted by Gasteiger charge is 2.15. The van der Waals surface area contributed by atoms with Crippen molar-refractivity contribution in [2.75, 3.05) is 0 Å². The Labute approximate surface area is 113 Å². The first-order valence-electron chi connectivity index (χ1n) is 5.74. The lowest BCUT2D eigenvalue weighted by atomic mass is 10.1. The molecule has 3 N–H and O–H groups in total. The number of aromatic carboxylic acids is 1. The van der Waals surface area contributed by atoms with E-state index in [1.807, 2.05) is 0 Å². The number of hydrogen-bond acceptors (Lipinski definition) is 3. The van der Waals surface area contributed by atoms with Crippen molar-refractivity contribution in [3.63, 3.8) is 0 Å². The first kappa shape index (κ1) is 13.7. The van der Waals surface area contributed by atoms with Crippen LogP contribution in [0.2, 0.25) is 0 Å². The van der Waals surface area contributed by atoms with Gasteiger partial charge in [0.2, 0.25) is 5.91 Å². The van der Waals surface area contributed by atoms with Gasteiger partial charge >= 0.3 is 5.97 Å². The van der Waals surface area contributed by atoms with E-state index in [4.69, 9.17) is 10.8 Å². The highest BCUT2D eigenvalue weighted by atomic mass is 19.1. The number of nitrogens with zero attached hydrogens (tertiary/aromatic N) is 2. The number of aromatic nitrogens is 2. The number of benzene rings is 1. The number of carbonyl (C=O) groups excluding carboxylic acids is 1. The first-order chi connectivity index (χ1) is 9.40. The van der Waals surface area contributed by atoms with Gasteiger partial charge in [0.25, 0.3) is 0 Å². The molecule has 20 heavy (non-hydrogen) atoms. The average molecular weight is 277 g/mol. The van der Waals surface area contributed by atoms with Crippen molar-refractivity contribution in [3.8, 4) is 0 Å². The Hall–Kier alpha value is -2.70. The molecule has 0 saturated carbocycles. The molecule has 6 nitrogen and oxygen atoms in total. The molecule has 0 fully saturated rings. The van der Waals surface area contributed by atoms with E-state index >= 15 is 0 Å². The minimum absolute atomic E-state index is 0.0122. The van der Waals surface area contributed by atoms with Gasteiger partial charge < -0.3 is 15.4 Å². The molecule has 7 heteroatoms. The SMILES string of the molecule is Cc1ncc(C(=O)O)n1Cc1ccc(C(N)=O)cc1F. The van der Waals surface area contributed by atoms with Crippen LogP contribution in [-0.2, 0) is 6.54 Å². The van der Waals surface area contributed by atoms with Crippen LogP contribution in [0.15, 0.2) is 24.4 Å². The molecule has 0 atom stereocenters. The molecule has 0 unspecified atom stereocenters. The van der Waals surface area contributed by atoms with Crippen LogP contribution in [0.4, 0.5) is 4.39 Å². The highest BCUT2D eigenvalue weighted by molar-refractivity contribution is 5.92. The highest BCUT2D eigenvalue weighted by Crippen LogP contribution is 2.15. The lowest BCUT2D eigenvalue weighted by molar-refractivity contribution is 0.0685. The maximum atomic E-state index is 13.9. The van der Waals surface area contributed by atoms with E-state index < -0.39 is 17.7 Å². The third kappa shape index (κ3) is 2.51. The summed E-state index contributed by atoms with van der Waals surface area (Å²) in [6.07, 6.45) is 1.22. The fraction of sp³-hybridized carbons (Fsp3) is 0.154. The number of primary amides is 1. The van der Waals surface area contributed by atoms with Gasteiger partial charge in [0.15, 0.2) is 0 Å². The van der Waals surface area contributed by atoms with Crippen molar-refractivity contribution in [2.24, 2.45) is 5.73 Å². The van der Waals surface area contributed by atoms with Crippen LogP contribution in [0, 0.1) is 12.7 Å². The van der Waals surface area contributed by atoms with Crippen LogP contribution in [0.5, 0.6) is 0 Å². The Morgan fingerprint density at radius 1 is 1.45 bits per heavy atom. The second-order valence-corrected chi connectivity index (χ2v) is 4.25. The summed E-state index contributed by atoms with van der Waals surface area (Å²) in [5.41, 5.74) is 5.34. The number of hydrogen-bond donors (Lipinski definition) is 2. The van der Waals surface area contributed by atoms with Crippen molar-refractivity contribution in [3.05, 3.63) is 52.9 Å². The lowest BCUT2D eigenvalue weighted by Gasteiger charge is -2.09. The van der Waals surface area contributed by atoms with Gasteiger partial charge in [-0.25, -0.2) is 14.2 Å². The van der Waals surface area contributed by atoms with Crippen molar-refractivity contribution in [1.82, 2.24) is 9.55 Å². The summed E-state index contributed by atoms with van der Waals surface area (Å²) in [7, 11) is 0. The second-order valence-electron chi connectivity index (χ2n) is 4.25. The third-order valence-corrected chi connectivity index (χ3v) is 2.94. The van der Waals surface area contributed by atoms with Crippen LogP contribution < -0.4 is 5.73 Å². The average Bonchev–Trinajstić information content (AvgIpc) is 2.73. The molecule has 1 aromatic heterocycles. The number of nitrogens with two attached hydrogens (primary N) is 1. The Morgan fingerprint density at radius 2 is 2.15 bits per heavy atom. The van der Waals surface area contributed by atoms with Gasteiger partial charge in [0, 0.05) is 11.1 Å². The van der Waals surface area contributed by atoms with Crippen LogP contribution in [0.3, 0.4) is 0 Å². The van der Waals surface area contributed by atoms with E-state index in [0.717, 1.165) is 6.07 Å². The monoisotopic (exact) mass is 277 g/mol. The van der Waals surface area contributed by atoms with E-state index in [1.54, 1.807) is 6.92 Å². The van der Waals surface area contributed by atoms with Gasteiger partial charge in [0.05, 0.1) is 12.7 Å². The zero-order valence-electron chi connectivity index (χ0n) is 10.6. The van der Waals surface area contributed by atoms with E-state index in [-0.39, 0.29) is 23.4 Å². The van der Waals surface area contributed by atoms with Crippen molar-refractivity contribution < 1.29 is 19.1 Å². The topological polar surface area (TPSA) is 98.2 Å². The molecule has 2 rings (SSSR count). The summed E-state index contributed by atoms with van der Waals surface area (Å²) >= 11 is 0. The molecule has 0 aliphatic rings. The van der Waals surface area contributed by atoms with Gasteiger partial charge in [-0.2, -0.15) is 0 Å². The van der Waals surface area contributed by atoms with Crippen LogP contribution >= 0.6 is 0 Å². The second kappa shape index (κ2) is 5.12. The Bertz CT molecular complexity index is 694. The quantitative estimate of drug-likeness (QED) is 0.876. The minimum atomic E-state index is -1.14. The third-order valence-electron chi connectivity index (χ3n) is 2.94. The molecular formula is C13H12FN3O3. The fourth-order valence-corrected chi connectivity index (χ4v) is 1.84. The maximum absolute atomic E-state index is 13.9. The molecular weight excluding hydrogens is 265 g/mol. The molecule has 1 amide bonds. The Morgan fingerprint density at radius 3 is 2.70 bits per heavy atom. The molecule has 0 spiro atoms. The normalized spacial score (nSPS) is 10.5. The van der Waals surface area contributed by atoms with Gasteiger partial charge in [-0.1, -0.05) is 6.07 Å². The number of amides is 1. The number of carbonyl (C=O) groups is 2. The van der Waals surface area contributed by atoms with Gasteiger partial charge in [-0.15, -0.1) is 0 Å². The molecule has 1 heterocycles. The van der Waals surface area contributed by atoms with Crippen molar-refractivity contribution in [1.29, 1.82) is 0 Å². The Balaban J connectivity index is 2.38. The molecule has 2 aromatic rings. The molecule has 0 aliphatic carbocycles. The predicted octanol–water partition coefficient (Wildman–Crippen LogP) is 1.18. The summed E-state index contributed by atoms with van der Waals surface area (Å²) in [5.74, 6) is -2.02. The van der Waals surface area contributed by atoms with Gasteiger partial charge in [0.1, 0.15) is 17.3 Å². The zero-order chi connectivity index (χ0) is 14.9. The fourth-order valence-electron chi connectivity index (χ4n) is 1.84. The van der Waals surface area contributed by atoms with Crippen molar-refractivity contribution >= 4 is 11.9 Å². The number of halogens is 1. The van der Waals surface area contributed by atoms with Crippen molar-refractivity contribution in [2.45, 2.75) is 13.5 Å². The summed E-state index contributed by atoms with van der Waals surface area (Å²) < 4.78 is 15.3. The van der Waals surface area contributed by atoms with Crippen LogP contribution in [-0.4, -0.2) is 26.5 Å². The molecule has 0 saturated heterocycles. The molecule has 0 aliphatic heterocycles. The minimum Gasteiger partial charge on any atom is -0.477 e. The standard InChI is InChI=1S/C13H12FN3O3/c1-7-16-5-11(13(19)20)17(7)6-9-3-2-8(12(15)18)4-10(9)14/h2-5H,6H2,1H3,(H2,15,18)(H,19,20). The Kier molecular flexibility index (Phi) is 3.51. The predicted molar refractivity (Wildman–Crippen MR) is 67.9 cm³/mol. The maximum Gasteiger partial charge on any atom is 0.354 e. The number of rotatable bonds is 4. The van der Waals surface area contributed by atoms with E-state index in [9.17, 15) is 14.0 Å². The number of imidazole rings is 1. The number of carboxylic acids is 1. The molecule has 0 radical (unpaired) electrons. The van der Waals surface area contributed by atoms with Gasteiger partial charge in [-0.05, 0) is 19.1 Å². The smallest absolute Gasteiger partial charge is 0.354 e. The summed E-state index contributed by atoms with van der Waals surface area (Å²) in [6, 6.07) is 3.83. The summed E-state index contributed by atoms with van der Waals surface area (Å²) in [5, 5.41) is 9.03. The number of aryl methyl sites for hydroxylation is 1. The lowest BCUT2D eigenvalue weighted by Crippen LogP contribution is -2.14. The summed E-state index contributed by atoms with van der Waals surface area (Å²) in [4.78, 5) is 25.9. The van der Waals surface area contributed by atoms with E-state index in [1.165, 1.54) is 22.9 Å². The van der Waals surface area contributed by atoms with Crippen LogP contribution in [0.25, 0.3) is 0 Å². The van der Waals surface area contributed by atoms with Gasteiger partial charge in [-0.3, -0.25) is 4.79 Å². The van der Waals surface area contributed by atoms with E-state index in [0.29, 0.717) is 5.82 Å². The molecule has 1 aromatic carbocycles. The summed E-state index contributed by atoms with van der Waals surface area (Å²) in [6.45, 7) is 1.64. The largest absolute Gasteiger partial charge is 0.477 e. The van der Waals surface area contributed by atoms with Crippen LogP contribution in [0.1, 0.15) is 32.2 Å². The molecule has 0 bridgehead atoms. The zero-order valence-corrected chi connectivity index (χ0v) is 10.6.